The molecular weight excluding hydrogens is 311 g/mol. The Balaban J connectivity index is 1.63. The van der Waals surface area contributed by atoms with Gasteiger partial charge in [-0.3, -0.25) is 15.0 Å². The lowest BCUT2D eigenvalue weighted by Gasteiger charge is -2.37. The van der Waals surface area contributed by atoms with Crippen LogP contribution in [0, 0.1) is 5.92 Å². The Labute approximate surface area is 134 Å². The normalized spacial score (nSPS) is 25.0. The highest BCUT2D eigenvalue weighted by Crippen LogP contribution is 2.36. The van der Waals surface area contributed by atoms with Crippen LogP contribution >= 0.6 is 0 Å². The van der Waals surface area contributed by atoms with Gasteiger partial charge in [0.1, 0.15) is 0 Å². The van der Waals surface area contributed by atoms with E-state index < -0.39 is 31.1 Å². The van der Waals surface area contributed by atoms with Gasteiger partial charge in [-0.1, -0.05) is 6.42 Å². The molecule has 0 aromatic heterocycles. The Hall–Kier alpha value is -1.31. The van der Waals surface area contributed by atoms with Crippen molar-refractivity contribution < 1.29 is 22.8 Å². The van der Waals surface area contributed by atoms with Gasteiger partial charge in [0.05, 0.1) is 6.42 Å². The highest BCUT2D eigenvalue weighted by molar-refractivity contribution is 5.94. The van der Waals surface area contributed by atoms with Gasteiger partial charge in [-0.2, -0.15) is 13.2 Å². The summed E-state index contributed by atoms with van der Waals surface area (Å²) in [6, 6.07) is -0.311. The second-order valence-corrected chi connectivity index (χ2v) is 6.36. The molecule has 1 saturated carbocycles. The van der Waals surface area contributed by atoms with E-state index in [0.29, 0.717) is 12.6 Å². The van der Waals surface area contributed by atoms with Gasteiger partial charge in [0, 0.05) is 25.6 Å². The third-order valence-electron chi connectivity index (χ3n) is 4.68. The summed E-state index contributed by atoms with van der Waals surface area (Å²) in [6.45, 7) is 1.05. The number of halogens is 3. The first-order chi connectivity index (χ1) is 10.8. The number of likely N-dealkylation sites (tertiary alicyclic amines) is 1. The Morgan fingerprint density at radius 1 is 1.13 bits per heavy atom. The first kappa shape index (κ1) is 18.0. The molecule has 2 atom stereocenters. The van der Waals surface area contributed by atoms with Crippen molar-refractivity contribution in [3.8, 4) is 0 Å². The number of carbonyl (C=O) groups excluding carboxylic acids is 2. The summed E-state index contributed by atoms with van der Waals surface area (Å²) in [5, 5.41) is 4.12. The highest BCUT2D eigenvalue weighted by atomic mass is 19.4. The average Bonchev–Trinajstić information content (AvgIpc) is 2.92. The number of carbonyl (C=O) groups is 2. The number of urea groups is 1. The summed E-state index contributed by atoms with van der Waals surface area (Å²) in [5.74, 6) is 0.284. The van der Waals surface area contributed by atoms with Gasteiger partial charge in [-0.25, -0.2) is 4.79 Å². The van der Waals surface area contributed by atoms with E-state index in [2.05, 4.69) is 10.2 Å². The van der Waals surface area contributed by atoms with Gasteiger partial charge in [-0.05, 0) is 38.1 Å². The van der Waals surface area contributed by atoms with Crippen LogP contribution in [0.25, 0.3) is 0 Å². The van der Waals surface area contributed by atoms with Crippen molar-refractivity contribution in [1.82, 2.24) is 15.5 Å². The van der Waals surface area contributed by atoms with Crippen molar-refractivity contribution in [3.63, 3.8) is 0 Å². The van der Waals surface area contributed by atoms with Crippen molar-refractivity contribution >= 4 is 11.9 Å². The molecule has 0 aromatic carbocycles. The molecule has 2 rings (SSSR count). The van der Waals surface area contributed by atoms with Gasteiger partial charge in [-0.15, -0.1) is 0 Å². The summed E-state index contributed by atoms with van der Waals surface area (Å²) in [7, 11) is 0. The monoisotopic (exact) mass is 335 g/mol. The molecule has 1 aliphatic carbocycles. The van der Waals surface area contributed by atoms with Gasteiger partial charge < -0.3 is 5.32 Å². The minimum Gasteiger partial charge on any atom is -0.337 e. The number of hydrogen-bond donors (Lipinski definition) is 2. The highest BCUT2D eigenvalue weighted by Gasteiger charge is 2.34. The zero-order valence-electron chi connectivity index (χ0n) is 13.1. The molecule has 2 fully saturated rings. The van der Waals surface area contributed by atoms with Crippen molar-refractivity contribution in [1.29, 1.82) is 0 Å². The number of piperidine rings is 1. The Kier molecular flexibility index (Phi) is 6.26. The molecule has 2 N–H and O–H groups in total. The fourth-order valence-corrected chi connectivity index (χ4v) is 3.63. The molecule has 0 radical (unpaired) electrons. The number of imide groups is 1. The molecule has 8 heteroatoms. The molecule has 1 aliphatic heterocycles. The molecule has 1 heterocycles. The maximum atomic E-state index is 12.0. The maximum absolute atomic E-state index is 12.0. The van der Waals surface area contributed by atoms with Gasteiger partial charge in [0.2, 0.25) is 5.91 Å². The number of alkyl halides is 3. The lowest BCUT2D eigenvalue weighted by Crippen LogP contribution is -2.45. The van der Waals surface area contributed by atoms with E-state index in [1.54, 1.807) is 0 Å². The minimum absolute atomic E-state index is 0.190. The van der Waals surface area contributed by atoms with E-state index in [1.165, 1.54) is 25.7 Å². The largest absolute Gasteiger partial charge is 0.390 e. The van der Waals surface area contributed by atoms with Crippen LogP contribution in [0.1, 0.15) is 44.9 Å². The molecule has 0 aromatic rings. The zero-order chi connectivity index (χ0) is 16.9. The standard InChI is InChI=1S/C15H24F3N3O2/c16-15(17,18)7-8-19-14(23)20-13(22)6-10-21-9-2-4-11-3-1-5-12(11)21/h11-12H,1-10H2,(H2,19,20,22,23)/t11-,12-/m1/s1. The van der Waals surface area contributed by atoms with Crippen LogP contribution < -0.4 is 10.6 Å². The molecule has 23 heavy (non-hydrogen) atoms. The molecule has 132 valence electrons. The quantitative estimate of drug-likeness (QED) is 0.811. The van der Waals surface area contributed by atoms with E-state index in [4.69, 9.17) is 0 Å². The van der Waals surface area contributed by atoms with Crippen molar-refractivity contribution in [3.05, 3.63) is 0 Å². The third-order valence-corrected chi connectivity index (χ3v) is 4.68. The Morgan fingerprint density at radius 3 is 2.61 bits per heavy atom. The van der Waals surface area contributed by atoms with Crippen LogP contribution in [0.15, 0.2) is 0 Å². The summed E-state index contributed by atoms with van der Waals surface area (Å²) < 4.78 is 35.9. The van der Waals surface area contributed by atoms with E-state index in [0.717, 1.165) is 18.9 Å². The average molecular weight is 335 g/mol. The fourth-order valence-electron chi connectivity index (χ4n) is 3.63. The van der Waals surface area contributed by atoms with Gasteiger partial charge in [0.25, 0.3) is 0 Å². The summed E-state index contributed by atoms with van der Waals surface area (Å²) in [5.41, 5.74) is 0. The number of hydrogen-bond acceptors (Lipinski definition) is 3. The number of nitrogens with zero attached hydrogens (tertiary/aromatic N) is 1. The van der Waals surface area contributed by atoms with E-state index in [1.807, 2.05) is 5.32 Å². The number of rotatable bonds is 5. The van der Waals surface area contributed by atoms with Gasteiger partial charge >= 0.3 is 12.2 Å². The van der Waals surface area contributed by atoms with Crippen LogP contribution in [0.3, 0.4) is 0 Å². The molecule has 0 spiro atoms. The zero-order valence-corrected chi connectivity index (χ0v) is 13.1. The number of amides is 3. The molecule has 0 bridgehead atoms. The fraction of sp³-hybridized carbons (Fsp3) is 0.867. The molecule has 3 amide bonds. The van der Waals surface area contributed by atoms with Crippen molar-refractivity contribution in [2.24, 2.45) is 5.92 Å². The molecule has 5 nitrogen and oxygen atoms in total. The molecule has 0 unspecified atom stereocenters. The lowest BCUT2D eigenvalue weighted by molar-refractivity contribution is -0.132. The van der Waals surface area contributed by atoms with Crippen LogP contribution in [-0.4, -0.2) is 48.7 Å². The van der Waals surface area contributed by atoms with Crippen LogP contribution in [0.2, 0.25) is 0 Å². The number of fused-ring (bicyclic) bond motifs is 1. The maximum Gasteiger partial charge on any atom is 0.390 e. The van der Waals surface area contributed by atoms with E-state index in [9.17, 15) is 22.8 Å². The second-order valence-electron chi connectivity index (χ2n) is 6.36. The summed E-state index contributed by atoms with van der Waals surface area (Å²) >= 11 is 0. The van der Waals surface area contributed by atoms with Crippen molar-refractivity contribution in [2.45, 2.75) is 57.2 Å². The predicted octanol–water partition coefficient (Wildman–Crippen LogP) is 2.42. The van der Waals surface area contributed by atoms with E-state index in [-0.39, 0.29) is 6.42 Å². The van der Waals surface area contributed by atoms with Crippen molar-refractivity contribution in [2.75, 3.05) is 19.6 Å². The van der Waals surface area contributed by atoms with Crippen LogP contribution in [0.4, 0.5) is 18.0 Å². The summed E-state index contributed by atoms with van der Waals surface area (Å²) in [4.78, 5) is 25.4. The third kappa shape index (κ3) is 6.01. The van der Waals surface area contributed by atoms with Crippen LogP contribution in [0.5, 0.6) is 0 Å². The predicted molar refractivity (Wildman–Crippen MR) is 78.8 cm³/mol. The first-order valence-corrected chi connectivity index (χ1v) is 8.23. The lowest BCUT2D eigenvalue weighted by atomic mass is 9.92. The Morgan fingerprint density at radius 2 is 1.87 bits per heavy atom. The first-order valence-electron chi connectivity index (χ1n) is 8.23. The summed E-state index contributed by atoms with van der Waals surface area (Å²) in [6.07, 6.45) is 0.833. The van der Waals surface area contributed by atoms with E-state index >= 15 is 0 Å². The molecular formula is C15H24F3N3O2. The number of nitrogens with one attached hydrogen (secondary N) is 2. The SMILES string of the molecule is O=C(CCN1CCC[C@H]2CCC[C@H]21)NC(=O)NCCC(F)(F)F. The molecule has 2 aliphatic rings. The Bertz CT molecular complexity index is 429. The minimum atomic E-state index is -4.32. The van der Waals surface area contributed by atoms with Gasteiger partial charge in [0.15, 0.2) is 0 Å². The second kappa shape index (κ2) is 7.99. The van der Waals surface area contributed by atoms with Crippen LogP contribution in [-0.2, 0) is 4.79 Å². The smallest absolute Gasteiger partial charge is 0.337 e. The molecule has 1 saturated heterocycles. The topological polar surface area (TPSA) is 61.4 Å².